The van der Waals surface area contributed by atoms with Gasteiger partial charge < -0.3 is 10.8 Å². The molecular formula is C10H10FN3O. The van der Waals surface area contributed by atoms with Crippen LogP contribution in [-0.2, 0) is 0 Å². The summed E-state index contributed by atoms with van der Waals surface area (Å²) < 4.78 is 13.3. The molecular weight excluding hydrogens is 197 g/mol. The van der Waals surface area contributed by atoms with Crippen molar-refractivity contribution in [2.24, 2.45) is 0 Å². The minimum Gasteiger partial charge on any atom is -0.507 e. The van der Waals surface area contributed by atoms with Crippen LogP contribution in [0, 0.1) is 12.7 Å². The zero-order chi connectivity index (χ0) is 11.0. The molecule has 2 rings (SSSR count). The Bertz CT molecular complexity index is 507. The predicted molar refractivity (Wildman–Crippen MR) is 54.8 cm³/mol. The first-order valence-electron chi connectivity index (χ1n) is 4.39. The van der Waals surface area contributed by atoms with Crippen LogP contribution in [0.5, 0.6) is 5.75 Å². The topological polar surface area (TPSA) is 74.9 Å². The highest BCUT2D eigenvalue weighted by Gasteiger charge is 2.13. The van der Waals surface area contributed by atoms with Gasteiger partial charge >= 0.3 is 0 Å². The molecule has 0 aliphatic heterocycles. The van der Waals surface area contributed by atoms with Crippen LogP contribution in [-0.4, -0.2) is 15.3 Å². The number of rotatable bonds is 1. The van der Waals surface area contributed by atoms with Gasteiger partial charge in [-0.3, -0.25) is 5.10 Å². The Labute approximate surface area is 85.6 Å². The van der Waals surface area contributed by atoms with Gasteiger partial charge in [0.05, 0.1) is 5.69 Å². The zero-order valence-corrected chi connectivity index (χ0v) is 8.08. The Kier molecular flexibility index (Phi) is 2.07. The van der Waals surface area contributed by atoms with Crippen molar-refractivity contribution >= 4 is 5.82 Å². The molecule has 0 spiro atoms. The largest absolute Gasteiger partial charge is 0.507 e. The number of anilines is 1. The normalized spacial score (nSPS) is 10.5. The van der Waals surface area contributed by atoms with E-state index in [-0.39, 0.29) is 11.6 Å². The van der Waals surface area contributed by atoms with Crippen LogP contribution in [0.1, 0.15) is 5.56 Å². The van der Waals surface area contributed by atoms with Crippen molar-refractivity contribution in [3.8, 4) is 17.0 Å². The van der Waals surface area contributed by atoms with Gasteiger partial charge in [-0.05, 0) is 24.6 Å². The first-order valence-corrected chi connectivity index (χ1v) is 4.39. The number of nitrogens with one attached hydrogen (secondary N) is 1. The van der Waals surface area contributed by atoms with Gasteiger partial charge in [0.25, 0.3) is 0 Å². The molecule has 0 bridgehead atoms. The molecule has 15 heavy (non-hydrogen) atoms. The molecule has 0 fully saturated rings. The molecule has 0 saturated heterocycles. The predicted octanol–water partition coefficient (Wildman–Crippen LogP) is 1.81. The first kappa shape index (κ1) is 9.51. The Hall–Kier alpha value is -2.04. The lowest BCUT2D eigenvalue weighted by Gasteiger charge is -2.06. The van der Waals surface area contributed by atoms with Crippen molar-refractivity contribution in [3.05, 3.63) is 29.6 Å². The van der Waals surface area contributed by atoms with Crippen LogP contribution < -0.4 is 5.73 Å². The average Bonchev–Trinajstić information content (AvgIpc) is 2.59. The van der Waals surface area contributed by atoms with Gasteiger partial charge in [-0.15, -0.1) is 0 Å². The maximum absolute atomic E-state index is 13.3. The zero-order valence-electron chi connectivity index (χ0n) is 8.08. The van der Waals surface area contributed by atoms with Gasteiger partial charge in [-0.1, -0.05) is 0 Å². The number of hydrogen-bond acceptors (Lipinski definition) is 3. The fraction of sp³-hybridized carbons (Fsp3) is 0.100. The second-order valence-corrected chi connectivity index (χ2v) is 3.27. The fourth-order valence-corrected chi connectivity index (χ4v) is 1.48. The molecule has 78 valence electrons. The molecule has 4 nitrogen and oxygen atoms in total. The van der Waals surface area contributed by atoms with Gasteiger partial charge in [0.1, 0.15) is 17.4 Å². The molecule has 1 heterocycles. The second-order valence-electron chi connectivity index (χ2n) is 3.27. The number of phenolic OH excluding ortho intramolecular Hbond substituents is 1. The highest BCUT2D eigenvalue weighted by molar-refractivity contribution is 5.72. The van der Waals surface area contributed by atoms with E-state index in [0.717, 1.165) is 0 Å². The molecule has 0 radical (unpaired) electrons. The van der Waals surface area contributed by atoms with Crippen LogP contribution in [0.15, 0.2) is 18.2 Å². The number of benzene rings is 1. The smallest absolute Gasteiger partial charge is 0.145 e. The molecule has 0 unspecified atom stereocenters. The second kappa shape index (κ2) is 3.27. The van der Waals surface area contributed by atoms with Gasteiger partial charge in [0, 0.05) is 11.6 Å². The SMILES string of the molecule is Cc1c(F)ccc(O)c1-c1cc(N)n[nH]1. The Morgan fingerprint density at radius 2 is 2.20 bits per heavy atom. The summed E-state index contributed by atoms with van der Waals surface area (Å²) in [7, 11) is 0. The van der Waals surface area contributed by atoms with E-state index in [9.17, 15) is 9.50 Å². The Morgan fingerprint density at radius 3 is 2.80 bits per heavy atom. The monoisotopic (exact) mass is 207 g/mol. The summed E-state index contributed by atoms with van der Waals surface area (Å²) in [5.74, 6) is -0.0819. The average molecular weight is 207 g/mol. The van der Waals surface area contributed by atoms with E-state index < -0.39 is 0 Å². The van der Waals surface area contributed by atoms with E-state index in [0.29, 0.717) is 22.6 Å². The van der Waals surface area contributed by atoms with Crippen molar-refractivity contribution in [2.45, 2.75) is 6.92 Å². The van der Waals surface area contributed by atoms with Crippen molar-refractivity contribution in [1.82, 2.24) is 10.2 Å². The van der Waals surface area contributed by atoms with Crippen LogP contribution in [0.2, 0.25) is 0 Å². The van der Waals surface area contributed by atoms with Crippen LogP contribution in [0.3, 0.4) is 0 Å². The van der Waals surface area contributed by atoms with E-state index in [1.165, 1.54) is 12.1 Å². The van der Waals surface area contributed by atoms with Gasteiger partial charge in [0.15, 0.2) is 0 Å². The third kappa shape index (κ3) is 1.52. The summed E-state index contributed by atoms with van der Waals surface area (Å²) in [6, 6.07) is 4.06. The molecule has 1 aromatic heterocycles. The van der Waals surface area contributed by atoms with E-state index in [1.807, 2.05) is 0 Å². The van der Waals surface area contributed by atoms with Gasteiger partial charge in [0.2, 0.25) is 0 Å². The number of hydrogen-bond donors (Lipinski definition) is 3. The number of halogens is 1. The molecule has 1 aromatic carbocycles. The minimum absolute atomic E-state index is 0.00227. The molecule has 0 aliphatic carbocycles. The molecule has 0 atom stereocenters. The summed E-state index contributed by atoms with van der Waals surface area (Å²) in [5, 5.41) is 16.0. The lowest BCUT2D eigenvalue weighted by Crippen LogP contribution is -1.89. The van der Waals surface area contributed by atoms with Crippen LogP contribution >= 0.6 is 0 Å². The van der Waals surface area contributed by atoms with E-state index in [2.05, 4.69) is 10.2 Å². The summed E-state index contributed by atoms with van der Waals surface area (Å²) in [6.45, 7) is 1.58. The lowest BCUT2D eigenvalue weighted by molar-refractivity contribution is 0.474. The lowest BCUT2D eigenvalue weighted by atomic mass is 10.0. The quantitative estimate of drug-likeness (QED) is 0.667. The molecule has 0 aliphatic rings. The number of phenols is 1. The van der Waals surface area contributed by atoms with Gasteiger partial charge in [-0.2, -0.15) is 5.10 Å². The summed E-state index contributed by atoms with van der Waals surface area (Å²) in [6.07, 6.45) is 0. The third-order valence-corrected chi connectivity index (χ3v) is 2.24. The van der Waals surface area contributed by atoms with E-state index in [4.69, 9.17) is 5.73 Å². The first-order chi connectivity index (χ1) is 7.09. The van der Waals surface area contributed by atoms with Gasteiger partial charge in [-0.25, -0.2) is 4.39 Å². The van der Waals surface area contributed by atoms with Crippen LogP contribution in [0.4, 0.5) is 10.2 Å². The van der Waals surface area contributed by atoms with Crippen LogP contribution in [0.25, 0.3) is 11.3 Å². The highest BCUT2D eigenvalue weighted by atomic mass is 19.1. The molecule has 0 saturated carbocycles. The highest BCUT2D eigenvalue weighted by Crippen LogP contribution is 2.32. The molecule has 2 aromatic rings. The molecule has 0 amide bonds. The number of aromatic nitrogens is 2. The van der Waals surface area contributed by atoms with Crippen molar-refractivity contribution in [1.29, 1.82) is 0 Å². The number of nitrogens with zero attached hydrogens (tertiary/aromatic N) is 1. The van der Waals surface area contributed by atoms with E-state index >= 15 is 0 Å². The number of aromatic amines is 1. The van der Waals surface area contributed by atoms with E-state index in [1.54, 1.807) is 13.0 Å². The Morgan fingerprint density at radius 1 is 1.47 bits per heavy atom. The standard InChI is InChI=1S/C10H10FN3O/c1-5-6(11)2-3-8(15)10(5)7-4-9(12)14-13-7/h2-4,15H,1H3,(H3,12,13,14). The Balaban J connectivity index is 2.66. The maximum Gasteiger partial charge on any atom is 0.145 e. The number of nitrogens with two attached hydrogens (primary N) is 1. The van der Waals surface area contributed by atoms with Crippen molar-refractivity contribution < 1.29 is 9.50 Å². The molecule has 4 N–H and O–H groups in total. The third-order valence-electron chi connectivity index (χ3n) is 2.24. The number of H-pyrrole nitrogens is 1. The summed E-state index contributed by atoms with van der Waals surface area (Å²) in [5.41, 5.74) is 6.69. The number of aromatic hydroxyl groups is 1. The van der Waals surface area contributed by atoms with Crippen molar-refractivity contribution in [2.75, 3.05) is 5.73 Å². The molecule has 5 heteroatoms. The fourth-order valence-electron chi connectivity index (χ4n) is 1.48. The van der Waals surface area contributed by atoms with Crippen molar-refractivity contribution in [3.63, 3.8) is 0 Å². The maximum atomic E-state index is 13.3. The minimum atomic E-state index is -0.379. The summed E-state index contributed by atoms with van der Waals surface area (Å²) >= 11 is 0. The summed E-state index contributed by atoms with van der Waals surface area (Å²) in [4.78, 5) is 0. The number of nitrogen functional groups attached to an aromatic ring is 1.